The van der Waals surface area contributed by atoms with Gasteiger partial charge in [0.05, 0.1) is 5.60 Å². The lowest BCUT2D eigenvalue weighted by Gasteiger charge is -2.32. The van der Waals surface area contributed by atoms with Crippen LogP contribution in [0.4, 0.5) is 0 Å². The average Bonchev–Trinajstić information content (AvgIpc) is 2.38. The fourth-order valence-corrected chi connectivity index (χ4v) is 3.26. The molecule has 100 valence electrons. The maximum atomic E-state index is 10.4. The van der Waals surface area contributed by atoms with Crippen LogP contribution in [0.2, 0.25) is 0 Å². The van der Waals surface area contributed by atoms with E-state index in [9.17, 15) is 5.11 Å². The van der Waals surface area contributed by atoms with Gasteiger partial charge >= 0.3 is 0 Å². The lowest BCUT2D eigenvalue weighted by Crippen LogP contribution is -2.43. The number of rotatable bonds is 4. The van der Waals surface area contributed by atoms with Crippen molar-refractivity contribution in [2.75, 3.05) is 18.8 Å². The first kappa shape index (κ1) is 13.9. The van der Waals surface area contributed by atoms with Crippen LogP contribution in [-0.4, -0.2) is 29.5 Å². The summed E-state index contributed by atoms with van der Waals surface area (Å²) in [6.07, 6.45) is 1.73. The molecule has 0 amide bonds. The number of hydrogen-bond acceptors (Lipinski definition) is 3. The predicted octanol–water partition coefficient (Wildman–Crippen LogP) is 3.02. The Morgan fingerprint density at radius 3 is 2.39 bits per heavy atom. The van der Waals surface area contributed by atoms with Gasteiger partial charge < -0.3 is 10.4 Å². The molecule has 0 spiro atoms. The summed E-state index contributed by atoms with van der Waals surface area (Å²) < 4.78 is 0. The second-order valence-corrected chi connectivity index (χ2v) is 6.54. The number of thioether (sulfide) groups is 1. The zero-order chi connectivity index (χ0) is 13.0. The van der Waals surface area contributed by atoms with E-state index in [2.05, 4.69) is 43.4 Å². The second kappa shape index (κ2) is 6.09. The highest BCUT2D eigenvalue weighted by Crippen LogP contribution is 2.29. The van der Waals surface area contributed by atoms with Gasteiger partial charge in [-0.05, 0) is 49.5 Å². The van der Waals surface area contributed by atoms with Crippen LogP contribution in [-0.2, 0) is 0 Å². The third kappa shape index (κ3) is 3.74. The van der Waals surface area contributed by atoms with Gasteiger partial charge in [-0.3, -0.25) is 0 Å². The molecule has 0 aliphatic carbocycles. The van der Waals surface area contributed by atoms with Gasteiger partial charge in [0.2, 0.25) is 0 Å². The molecule has 0 unspecified atom stereocenters. The zero-order valence-corrected chi connectivity index (χ0v) is 12.1. The molecule has 1 aliphatic rings. The normalized spacial score (nSPS) is 19.1. The zero-order valence-electron chi connectivity index (χ0n) is 11.3. The molecule has 0 atom stereocenters. The second-order valence-electron chi connectivity index (χ2n) is 5.49. The summed E-state index contributed by atoms with van der Waals surface area (Å²) in [6.45, 7) is 6.28. The quantitative estimate of drug-likeness (QED) is 0.821. The Hall–Kier alpha value is -0.510. The molecule has 1 fully saturated rings. The number of benzene rings is 1. The van der Waals surface area contributed by atoms with Crippen molar-refractivity contribution >= 4 is 11.8 Å². The Labute approximate surface area is 114 Å². The van der Waals surface area contributed by atoms with Crippen LogP contribution in [0.5, 0.6) is 0 Å². The monoisotopic (exact) mass is 265 g/mol. The molecule has 2 rings (SSSR count). The van der Waals surface area contributed by atoms with Crippen LogP contribution in [0.15, 0.2) is 29.2 Å². The maximum Gasteiger partial charge on any atom is 0.0765 e. The molecule has 1 heterocycles. The van der Waals surface area contributed by atoms with E-state index in [1.165, 1.54) is 10.5 Å². The Morgan fingerprint density at radius 2 is 1.83 bits per heavy atom. The van der Waals surface area contributed by atoms with Crippen molar-refractivity contribution in [3.05, 3.63) is 29.8 Å². The molecule has 3 heteroatoms. The minimum atomic E-state index is -0.480. The minimum Gasteiger partial charge on any atom is -0.389 e. The van der Waals surface area contributed by atoms with Gasteiger partial charge in [0, 0.05) is 10.6 Å². The van der Waals surface area contributed by atoms with E-state index in [1.54, 1.807) is 11.8 Å². The lowest BCUT2D eigenvalue weighted by atomic mass is 9.95. The maximum absolute atomic E-state index is 10.4. The summed E-state index contributed by atoms with van der Waals surface area (Å²) in [6, 6.07) is 8.73. The average molecular weight is 265 g/mol. The van der Waals surface area contributed by atoms with Crippen LogP contribution >= 0.6 is 11.8 Å². The summed E-state index contributed by atoms with van der Waals surface area (Å²) in [5.41, 5.74) is 0.895. The molecule has 0 saturated carbocycles. The van der Waals surface area contributed by atoms with Crippen LogP contribution < -0.4 is 5.32 Å². The van der Waals surface area contributed by atoms with Crippen molar-refractivity contribution in [3.63, 3.8) is 0 Å². The van der Waals surface area contributed by atoms with E-state index in [0.717, 1.165) is 31.7 Å². The molecule has 1 aromatic carbocycles. The number of nitrogens with one attached hydrogen (secondary N) is 1. The van der Waals surface area contributed by atoms with Gasteiger partial charge in [0.1, 0.15) is 0 Å². The molecule has 0 bridgehead atoms. The van der Waals surface area contributed by atoms with Crippen LogP contribution in [0.1, 0.15) is 38.2 Å². The lowest BCUT2D eigenvalue weighted by molar-refractivity contribution is 0.0339. The molecule has 1 aromatic rings. The standard InChI is InChI=1S/C15H23NOS/c1-12(2)13-3-5-14(6-4-13)18-11-15(17)7-9-16-10-8-15/h3-6,12,16-17H,7-11H2,1-2H3. The SMILES string of the molecule is CC(C)c1ccc(SCC2(O)CCNCC2)cc1. The fraction of sp³-hybridized carbons (Fsp3) is 0.600. The van der Waals surface area contributed by atoms with Gasteiger partial charge in [-0.2, -0.15) is 0 Å². The summed E-state index contributed by atoms with van der Waals surface area (Å²) in [5.74, 6) is 1.38. The van der Waals surface area contributed by atoms with Crippen LogP contribution in [0.25, 0.3) is 0 Å². The van der Waals surface area contributed by atoms with Gasteiger partial charge in [-0.15, -0.1) is 11.8 Å². The van der Waals surface area contributed by atoms with E-state index >= 15 is 0 Å². The highest BCUT2D eigenvalue weighted by molar-refractivity contribution is 7.99. The predicted molar refractivity (Wildman–Crippen MR) is 78.3 cm³/mol. The van der Waals surface area contributed by atoms with Crippen LogP contribution in [0.3, 0.4) is 0 Å². The molecule has 2 nitrogen and oxygen atoms in total. The topological polar surface area (TPSA) is 32.3 Å². The van der Waals surface area contributed by atoms with E-state index in [4.69, 9.17) is 0 Å². The Balaban J connectivity index is 1.89. The molecule has 0 aromatic heterocycles. The largest absolute Gasteiger partial charge is 0.389 e. The molecule has 18 heavy (non-hydrogen) atoms. The fourth-order valence-electron chi connectivity index (χ4n) is 2.20. The van der Waals surface area contributed by atoms with E-state index in [1.807, 2.05) is 0 Å². The van der Waals surface area contributed by atoms with Gasteiger partial charge in [0.25, 0.3) is 0 Å². The highest BCUT2D eigenvalue weighted by atomic mass is 32.2. The van der Waals surface area contributed by atoms with E-state index in [-0.39, 0.29) is 0 Å². The number of piperidine rings is 1. The summed E-state index contributed by atoms with van der Waals surface area (Å²) >= 11 is 1.77. The molecular formula is C15H23NOS. The van der Waals surface area contributed by atoms with Gasteiger partial charge in [-0.25, -0.2) is 0 Å². The number of hydrogen-bond donors (Lipinski definition) is 2. The first-order valence-corrected chi connectivity index (χ1v) is 7.73. The van der Waals surface area contributed by atoms with E-state index in [0.29, 0.717) is 5.92 Å². The third-order valence-corrected chi connectivity index (χ3v) is 4.88. The summed E-state index contributed by atoms with van der Waals surface area (Å²) in [5, 5.41) is 13.7. The highest BCUT2D eigenvalue weighted by Gasteiger charge is 2.28. The molecule has 1 aliphatic heterocycles. The molecular weight excluding hydrogens is 242 g/mol. The Bertz CT molecular complexity index is 369. The van der Waals surface area contributed by atoms with Crippen molar-refractivity contribution in [3.8, 4) is 0 Å². The van der Waals surface area contributed by atoms with Crippen molar-refractivity contribution in [2.24, 2.45) is 0 Å². The van der Waals surface area contributed by atoms with E-state index < -0.39 is 5.60 Å². The van der Waals surface area contributed by atoms with Crippen LogP contribution in [0, 0.1) is 0 Å². The smallest absolute Gasteiger partial charge is 0.0765 e. The minimum absolute atomic E-state index is 0.480. The first-order chi connectivity index (χ1) is 8.59. The Morgan fingerprint density at radius 1 is 1.22 bits per heavy atom. The number of aliphatic hydroxyl groups is 1. The summed E-state index contributed by atoms with van der Waals surface area (Å²) in [7, 11) is 0. The van der Waals surface area contributed by atoms with Gasteiger partial charge in [-0.1, -0.05) is 26.0 Å². The third-order valence-electron chi connectivity index (χ3n) is 3.59. The van der Waals surface area contributed by atoms with Gasteiger partial charge in [0.15, 0.2) is 0 Å². The molecule has 0 radical (unpaired) electrons. The van der Waals surface area contributed by atoms with Crippen molar-refractivity contribution in [2.45, 2.75) is 43.1 Å². The van der Waals surface area contributed by atoms with Crippen molar-refractivity contribution < 1.29 is 5.11 Å². The molecule has 1 saturated heterocycles. The Kier molecular flexibility index (Phi) is 4.71. The summed E-state index contributed by atoms with van der Waals surface area (Å²) in [4.78, 5) is 1.26. The van der Waals surface area contributed by atoms with Crippen molar-refractivity contribution in [1.82, 2.24) is 5.32 Å². The van der Waals surface area contributed by atoms with Crippen molar-refractivity contribution in [1.29, 1.82) is 0 Å². The first-order valence-electron chi connectivity index (χ1n) is 6.75. The molecule has 2 N–H and O–H groups in total.